The molecular weight excluding hydrogens is 444 g/mol. The summed E-state index contributed by atoms with van der Waals surface area (Å²) >= 11 is 0. The average molecular weight is 503 g/mol. The van der Waals surface area contributed by atoms with E-state index >= 15 is 0 Å². The van der Waals surface area contributed by atoms with Crippen molar-refractivity contribution < 1.29 is 14.6 Å². The van der Waals surface area contributed by atoms with Crippen LogP contribution in [0.4, 0.5) is 0 Å². The molecule has 0 saturated heterocycles. The molecule has 2 rings (SSSR count). The van der Waals surface area contributed by atoms with E-state index in [0.717, 1.165) is 38.5 Å². The summed E-state index contributed by atoms with van der Waals surface area (Å²) in [6, 6.07) is 0. The lowest BCUT2D eigenvalue weighted by Gasteiger charge is -2.41. The molecular formula is C33H58O3. The molecule has 0 radical (unpaired) electrons. The summed E-state index contributed by atoms with van der Waals surface area (Å²) in [5.41, 5.74) is 0.505. The highest BCUT2D eigenvalue weighted by atomic mass is 16.6. The van der Waals surface area contributed by atoms with Crippen LogP contribution in [0.15, 0.2) is 23.8 Å². The van der Waals surface area contributed by atoms with Gasteiger partial charge in [0, 0.05) is 6.42 Å². The van der Waals surface area contributed by atoms with Crippen molar-refractivity contribution in [1.29, 1.82) is 0 Å². The van der Waals surface area contributed by atoms with Crippen LogP contribution in [0, 0.1) is 17.3 Å². The monoisotopic (exact) mass is 502 g/mol. The Morgan fingerprint density at radius 1 is 1.03 bits per heavy atom. The minimum absolute atomic E-state index is 0.00477. The summed E-state index contributed by atoms with van der Waals surface area (Å²) < 4.78 is 6.01. The maximum atomic E-state index is 12.7. The number of unbranched alkanes of at least 4 members (excludes halogenated alkanes) is 11. The minimum Gasteiger partial charge on any atom is -0.459 e. The van der Waals surface area contributed by atoms with Gasteiger partial charge in [0.25, 0.3) is 0 Å². The van der Waals surface area contributed by atoms with Crippen molar-refractivity contribution in [1.82, 2.24) is 0 Å². The predicted molar refractivity (Wildman–Crippen MR) is 153 cm³/mol. The van der Waals surface area contributed by atoms with Gasteiger partial charge in [-0.2, -0.15) is 0 Å². The van der Waals surface area contributed by atoms with E-state index in [2.05, 4.69) is 52.8 Å². The molecule has 2 aliphatic rings. The van der Waals surface area contributed by atoms with Crippen LogP contribution in [0.2, 0.25) is 0 Å². The molecule has 4 atom stereocenters. The van der Waals surface area contributed by atoms with Gasteiger partial charge in [0.05, 0.1) is 0 Å². The Balaban J connectivity index is 1.61. The van der Waals surface area contributed by atoms with E-state index in [-0.39, 0.29) is 29.3 Å². The molecule has 0 spiro atoms. The lowest BCUT2D eigenvalue weighted by molar-refractivity contribution is -0.173. The lowest BCUT2D eigenvalue weighted by atomic mass is 9.69. The van der Waals surface area contributed by atoms with Crippen LogP contribution in [0.5, 0.6) is 0 Å². The van der Waals surface area contributed by atoms with Gasteiger partial charge in [-0.05, 0) is 82.0 Å². The zero-order chi connectivity index (χ0) is 26.4. The molecule has 0 unspecified atom stereocenters. The van der Waals surface area contributed by atoms with Crippen LogP contribution in [0.1, 0.15) is 150 Å². The van der Waals surface area contributed by atoms with Gasteiger partial charge in [-0.3, -0.25) is 4.79 Å². The fourth-order valence-corrected chi connectivity index (χ4v) is 6.67. The molecule has 3 heteroatoms. The summed E-state index contributed by atoms with van der Waals surface area (Å²) in [5.74, 6) is 0.125. The minimum atomic E-state index is -0.925. The first-order chi connectivity index (χ1) is 17.2. The summed E-state index contributed by atoms with van der Waals surface area (Å²) in [4.78, 5) is 12.7. The van der Waals surface area contributed by atoms with Gasteiger partial charge in [0.15, 0.2) is 0 Å². The predicted octanol–water partition coefficient (Wildman–Crippen LogP) is 9.48. The molecule has 0 aliphatic heterocycles. The Labute approximate surface area is 223 Å². The zero-order valence-corrected chi connectivity index (χ0v) is 24.5. The topological polar surface area (TPSA) is 46.5 Å². The van der Waals surface area contributed by atoms with Crippen LogP contribution < -0.4 is 0 Å². The van der Waals surface area contributed by atoms with E-state index in [1.807, 2.05) is 0 Å². The molecule has 0 heterocycles. The number of aliphatic hydroxyl groups is 1. The first-order valence-electron chi connectivity index (χ1n) is 15.5. The maximum absolute atomic E-state index is 12.7. The fourth-order valence-electron chi connectivity index (χ4n) is 6.67. The number of carbonyl (C=O) groups is 1. The molecule has 0 amide bonds. The molecule has 0 aromatic heterocycles. The van der Waals surface area contributed by atoms with E-state index in [0.29, 0.717) is 6.42 Å². The Hall–Kier alpha value is -1.09. The second kappa shape index (κ2) is 16.0. The molecule has 2 aliphatic carbocycles. The zero-order valence-electron chi connectivity index (χ0n) is 24.5. The van der Waals surface area contributed by atoms with E-state index < -0.39 is 5.60 Å². The van der Waals surface area contributed by atoms with Gasteiger partial charge >= 0.3 is 5.97 Å². The van der Waals surface area contributed by atoms with Crippen molar-refractivity contribution in [3.63, 3.8) is 0 Å². The molecule has 1 N–H and O–H groups in total. The van der Waals surface area contributed by atoms with Gasteiger partial charge in [0.1, 0.15) is 11.7 Å². The van der Waals surface area contributed by atoms with Gasteiger partial charge in [-0.15, -0.1) is 0 Å². The summed E-state index contributed by atoms with van der Waals surface area (Å²) in [6.45, 7) is 10.9. The Morgan fingerprint density at radius 2 is 1.61 bits per heavy atom. The maximum Gasteiger partial charge on any atom is 0.306 e. The largest absolute Gasteiger partial charge is 0.459 e. The van der Waals surface area contributed by atoms with E-state index in [1.165, 1.54) is 76.2 Å². The number of esters is 1. The second-order valence-electron chi connectivity index (χ2n) is 12.6. The average Bonchev–Trinajstić information content (AvgIpc) is 2.94. The van der Waals surface area contributed by atoms with Crippen molar-refractivity contribution in [2.24, 2.45) is 17.3 Å². The number of hydrogen-bond donors (Lipinski definition) is 1. The van der Waals surface area contributed by atoms with Crippen molar-refractivity contribution in [2.75, 3.05) is 0 Å². The first kappa shape index (κ1) is 31.1. The molecule has 3 nitrogen and oxygen atoms in total. The highest BCUT2D eigenvalue weighted by Crippen LogP contribution is 2.58. The van der Waals surface area contributed by atoms with E-state index in [4.69, 9.17) is 4.74 Å². The van der Waals surface area contributed by atoms with Crippen LogP contribution >= 0.6 is 0 Å². The summed E-state index contributed by atoms with van der Waals surface area (Å²) in [6.07, 6.45) is 27.2. The number of carbonyl (C=O) groups excluding carboxylic acids is 1. The SMILES string of the molecule is CCCCCCCC/C=C\CCCCCCCC(=O)O[C@H]1C[C@]2(C)CC=C(C)CC[C@H]2[C@]1(O)C(C)C. The van der Waals surface area contributed by atoms with Crippen LogP contribution in [0.3, 0.4) is 0 Å². The van der Waals surface area contributed by atoms with Crippen molar-refractivity contribution in [2.45, 2.75) is 162 Å². The van der Waals surface area contributed by atoms with Crippen LogP contribution in [-0.4, -0.2) is 22.8 Å². The van der Waals surface area contributed by atoms with Crippen molar-refractivity contribution in [3.05, 3.63) is 23.8 Å². The smallest absolute Gasteiger partial charge is 0.306 e. The molecule has 1 saturated carbocycles. The molecule has 36 heavy (non-hydrogen) atoms. The Kier molecular flexibility index (Phi) is 13.8. The molecule has 208 valence electrons. The number of allylic oxidation sites excluding steroid dienone is 4. The third kappa shape index (κ3) is 9.34. The van der Waals surface area contributed by atoms with E-state index in [9.17, 15) is 9.90 Å². The quantitative estimate of drug-likeness (QED) is 0.122. The first-order valence-corrected chi connectivity index (χ1v) is 15.5. The van der Waals surface area contributed by atoms with Gasteiger partial charge in [0.2, 0.25) is 0 Å². The molecule has 0 aromatic rings. The third-order valence-electron chi connectivity index (χ3n) is 9.15. The normalized spacial score (nSPS) is 28.4. The summed E-state index contributed by atoms with van der Waals surface area (Å²) in [5, 5.41) is 11.8. The van der Waals surface area contributed by atoms with Gasteiger partial charge < -0.3 is 9.84 Å². The third-order valence-corrected chi connectivity index (χ3v) is 9.15. The van der Waals surface area contributed by atoms with Crippen molar-refractivity contribution in [3.8, 4) is 0 Å². The van der Waals surface area contributed by atoms with Gasteiger partial charge in [-0.1, -0.05) is 103 Å². The standard InChI is InChI=1S/C33H58O3/c1-6-7-8-9-10-11-12-13-14-15-16-17-18-19-20-21-31(34)36-30-26-32(5)25-24-28(4)22-23-29(32)33(30,35)27(2)3/h13-14,24,27,29-30,35H,6-12,15-23,25-26H2,1-5H3/b14-13-/t29-,30+,32+,33-/m1/s1. The number of ether oxygens (including phenoxy) is 1. The Morgan fingerprint density at radius 3 is 2.22 bits per heavy atom. The summed E-state index contributed by atoms with van der Waals surface area (Å²) in [7, 11) is 0. The van der Waals surface area contributed by atoms with Crippen LogP contribution in [-0.2, 0) is 9.53 Å². The van der Waals surface area contributed by atoms with Crippen LogP contribution in [0.25, 0.3) is 0 Å². The van der Waals surface area contributed by atoms with Crippen molar-refractivity contribution >= 4 is 5.97 Å². The molecule has 0 bridgehead atoms. The number of hydrogen-bond acceptors (Lipinski definition) is 3. The fraction of sp³-hybridized carbons (Fsp3) is 0.848. The highest BCUT2D eigenvalue weighted by Gasteiger charge is 2.62. The number of fused-ring (bicyclic) bond motifs is 1. The van der Waals surface area contributed by atoms with Gasteiger partial charge in [-0.25, -0.2) is 0 Å². The molecule has 0 aromatic carbocycles. The molecule has 1 fully saturated rings. The van der Waals surface area contributed by atoms with E-state index in [1.54, 1.807) is 0 Å². The highest BCUT2D eigenvalue weighted by molar-refractivity contribution is 5.69. The second-order valence-corrected chi connectivity index (χ2v) is 12.6. The Bertz CT molecular complexity index is 693. The number of rotatable bonds is 17. The lowest BCUT2D eigenvalue weighted by Crippen LogP contribution is -2.50.